The minimum atomic E-state index is 0.652. The third-order valence-electron chi connectivity index (χ3n) is 2.75. The Morgan fingerprint density at radius 1 is 1.32 bits per heavy atom. The van der Waals surface area contributed by atoms with Crippen molar-refractivity contribution in [3.8, 4) is 0 Å². The maximum absolute atomic E-state index is 5.53. The number of hydrogen-bond acceptors (Lipinski definition) is 5. The van der Waals surface area contributed by atoms with Gasteiger partial charge >= 0.3 is 0 Å². The van der Waals surface area contributed by atoms with Crippen molar-refractivity contribution >= 4 is 11.8 Å². The van der Waals surface area contributed by atoms with Crippen LogP contribution in [0.3, 0.4) is 0 Å². The number of aromatic nitrogens is 2. The standard InChI is InChI=1S/C14H19N3OS/c1-4-7-15-8-12-5-6-13(16-9-12)19-14-17-10(2)11(3)18-14/h5-6,9,15H,4,7-8H2,1-3H3. The van der Waals surface area contributed by atoms with Gasteiger partial charge in [0.25, 0.3) is 5.22 Å². The Morgan fingerprint density at radius 3 is 2.74 bits per heavy atom. The quantitative estimate of drug-likeness (QED) is 0.821. The molecule has 102 valence electrons. The second-order valence-corrected chi connectivity index (χ2v) is 5.38. The lowest BCUT2D eigenvalue weighted by Crippen LogP contribution is -2.13. The summed E-state index contributed by atoms with van der Waals surface area (Å²) in [6.07, 6.45) is 3.04. The fourth-order valence-corrected chi connectivity index (χ4v) is 2.33. The molecule has 0 radical (unpaired) electrons. The molecular formula is C14H19N3OS. The van der Waals surface area contributed by atoms with Crippen molar-refractivity contribution in [3.63, 3.8) is 0 Å². The summed E-state index contributed by atoms with van der Waals surface area (Å²) in [4.78, 5) is 8.75. The molecule has 0 unspecified atom stereocenters. The van der Waals surface area contributed by atoms with Gasteiger partial charge in [-0.3, -0.25) is 0 Å². The van der Waals surface area contributed by atoms with Gasteiger partial charge in [0, 0.05) is 12.7 Å². The van der Waals surface area contributed by atoms with Crippen LogP contribution in [0.1, 0.15) is 30.4 Å². The SMILES string of the molecule is CCCNCc1ccc(Sc2nc(C)c(C)o2)nc1. The smallest absolute Gasteiger partial charge is 0.262 e. The van der Waals surface area contributed by atoms with E-state index in [1.165, 1.54) is 17.3 Å². The lowest BCUT2D eigenvalue weighted by Gasteiger charge is -2.03. The number of rotatable bonds is 6. The number of nitrogens with one attached hydrogen (secondary N) is 1. The molecule has 1 N–H and O–H groups in total. The topological polar surface area (TPSA) is 51.0 Å². The molecule has 0 atom stereocenters. The van der Waals surface area contributed by atoms with Gasteiger partial charge in [0.2, 0.25) is 0 Å². The van der Waals surface area contributed by atoms with Crippen LogP contribution in [-0.4, -0.2) is 16.5 Å². The first kappa shape index (κ1) is 14.1. The molecule has 2 heterocycles. The van der Waals surface area contributed by atoms with Crippen LogP contribution < -0.4 is 5.32 Å². The summed E-state index contributed by atoms with van der Waals surface area (Å²) >= 11 is 1.45. The van der Waals surface area contributed by atoms with Gasteiger partial charge in [-0.15, -0.1) is 0 Å². The maximum Gasteiger partial charge on any atom is 0.262 e. The molecule has 5 heteroatoms. The van der Waals surface area contributed by atoms with Crippen LogP contribution in [0, 0.1) is 13.8 Å². The van der Waals surface area contributed by atoms with Crippen molar-refractivity contribution in [2.75, 3.05) is 6.54 Å². The number of pyridine rings is 1. The van der Waals surface area contributed by atoms with Gasteiger partial charge in [0.1, 0.15) is 10.8 Å². The monoisotopic (exact) mass is 277 g/mol. The molecule has 0 bridgehead atoms. The summed E-state index contributed by atoms with van der Waals surface area (Å²) < 4.78 is 5.53. The third-order valence-corrected chi connectivity index (χ3v) is 3.55. The molecule has 2 rings (SSSR count). The first-order chi connectivity index (χ1) is 9.19. The average molecular weight is 277 g/mol. The highest BCUT2D eigenvalue weighted by Gasteiger charge is 2.08. The van der Waals surface area contributed by atoms with E-state index in [1.807, 2.05) is 26.1 Å². The van der Waals surface area contributed by atoms with Gasteiger partial charge in [-0.05, 0) is 50.2 Å². The van der Waals surface area contributed by atoms with Crippen LogP contribution in [0.5, 0.6) is 0 Å². The summed E-state index contributed by atoms with van der Waals surface area (Å²) in [5, 5.41) is 4.91. The fraction of sp³-hybridized carbons (Fsp3) is 0.429. The zero-order chi connectivity index (χ0) is 13.7. The van der Waals surface area contributed by atoms with Crippen LogP contribution >= 0.6 is 11.8 Å². The van der Waals surface area contributed by atoms with E-state index in [1.54, 1.807) is 0 Å². The first-order valence-corrected chi connectivity index (χ1v) is 7.28. The summed E-state index contributed by atoms with van der Waals surface area (Å²) in [6, 6.07) is 4.09. The Balaban J connectivity index is 1.94. The number of aryl methyl sites for hydroxylation is 2. The van der Waals surface area contributed by atoms with E-state index in [-0.39, 0.29) is 0 Å². The summed E-state index contributed by atoms with van der Waals surface area (Å²) in [5.41, 5.74) is 2.13. The Labute approximate surface area is 118 Å². The normalized spacial score (nSPS) is 10.9. The van der Waals surface area contributed by atoms with Crippen molar-refractivity contribution in [2.45, 2.75) is 44.0 Å². The van der Waals surface area contributed by atoms with E-state index >= 15 is 0 Å². The summed E-state index contributed by atoms with van der Waals surface area (Å²) in [7, 11) is 0. The predicted octanol–water partition coefficient (Wildman–Crippen LogP) is 3.34. The molecule has 0 aliphatic heterocycles. The minimum Gasteiger partial charge on any atom is -0.436 e. The summed E-state index contributed by atoms with van der Waals surface area (Å²) in [5.74, 6) is 0.864. The minimum absolute atomic E-state index is 0.652. The Morgan fingerprint density at radius 2 is 2.16 bits per heavy atom. The van der Waals surface area contributed by atoms with Gasteiger partial charge in [-0.2, -0.15) is 0 Å². The van der Waals surface area contributed by atoms with E-state index in [9.17, 15) is 0 Å². The van der Waals surface area contributed by atoms with Crippen LogP contribution in [0.15, 0.2) is 33.0 Å². The van der Waals surface area contributed by atoms with E-state index in [4.69, 9.17) is 4.42 Å². The third kappa shape index (κ3) is 4.08. The molecule has 0 aliphatic rings. The van der Waals surface area contributed by atoms with Gasteiger partial charge in [0.05, 0.1) is 5.69 Å². The van der Waals surface area contributed by atoms with E-state index in [2.05, 4.69) is 28.3 Å². The highest BCUT2D eigenvalue weighted by atomic mass is 32.2. The van der Waals surface area contributed by atoms with Crippen LogP contribution in [0.4, 0.5) is 0 Å². The average Bonchev–Trinajstić information content (AvgIpc) is 2.71. The zero-order valence-corrected chi connectivity index (χ0v) is 12.4. The van der Waals surface area contributed by atoms with Crippen LogP contribution in [-0.2, 0) is 6.54 Å². The van der Waals surface area contributed by atoms with E-state index in [0.29, 0.717) is 5.22 Å². The van der Waals surface area contributed by atoms with Gasteiger partial charge in [-0.25, -0.2) is 9.97 Å². The van der Waals surface area contributed by atoms with Gasteiger partial charge in [-0.1, -0.05) is 13.0 Å². The molecule has 2 aromatic rings. The van der Waals surface area contributed by atoms with Crippen molar-refractivity contribution in [1.82, 2.24) is 15.3 Å². The molecule has 0 aliphatic carbocycles. The maximum atomic E-state index is 5.53. The molecule has 0 amide bonds. The predicted molar refractivity (Wildman–Crippen MR) is 76.3 cm³/mol. The molecule has 0 saturated heterocycles. The van der Waals surface area contributed by atoms with Crippen molar-refractivity contribution in [1.29, 1.82) is 0 Å². The van der Waals surface area contributed by atoms with E-state index in [0.717, 1.165) is 36.0 Å². The van der Waals surface area contributed by atoms with E-state index < -0.39 is 0 Å². The number of nitrogens with zero attached hydrogens (tertiary/aromatic N) is 2. The largest absolute Gasteiger partial charge is 0.436 e. The Hall–Kier alpha value is -1.33. The lowest BCUT2D eigenvalue weighted by molar-refractivity contribution is 0.431. The first-order valence-electron chi connectivity index (χ1n) is 6.46. The Kier molecular flexibility index (Phi) is 4.99. The summed E-state index contributed by atoms with van der Waals surface area (Å²) in [6.45, 7) is 7.92. The van der Waals surface area contributed by atoms with Crippen LogP contribution in [0.25, 0.3) is 0 Å². The van der Waals surface area contributed by atoms with Crippen molar-refractivity contribution < 1.29 is 4.42 Å². The molecule has 0 saturated carbocycles. The van der Waals surface area contributed by atoms with Crippen molar-refractivity contribution in [3.05, 3.63) is 35.3 Å². The van der Waals surface area contributed by atoms with Crippen molar-refractivity contribution in [2.24, 2.45) is 0 Å². The zero-order valence-electron chi connectivity index (χ0n) is 11.6. The number of hydrogen-bond donors (Lipinski definition) is 1. The molecule has 0 fully saturated rings. The lowest BCUT2D eigenvalue weighted by atomic mass is 10.3. The second kappa shape index (κ2) is 6.73. The molecule has 2 aromatic heterocycles. The van der Waals surface area contributed by atoms with Gasteiger partial charge in [0.15, 0.2) is 0 Å². The molecular weight excluding hydrogens is 258 g/mol. The highest BCUT2D eigenvalue weighted by molar-refractivity contribution is 7.99. The molecule has 0 aromatic carbocycles. The second-order valence-electron chi connectivity index (χ2n) is 4.40. The molecule has 4 nitrogen and oxygen atoms in total. The molecule has 19 heavy (non-hydrogen) atoms. The molecule has 0 spiro atoms. The highest BCUT2D eigenvalue weighted by Crippen LogP contribution is 2.26. The van der Waals surface area contributed by atoms with Crippen LogP contribution in [0.2, 0.25) is 0 Å². The number of oxazole rings is 1. The Bertz CT molecular complexity index is 502. The van der Waals surface area contributed by atoms with Gasteiger partial charge < -0.3 is 9.73 Å². The fourth-order valence-electron chi connectivity index (χ4n) is 1.56.